The predicted molar refractivity (Wildman–Crippen MR) is 67.8 cm³/mol. The van der Waals surface area contributed by atoms with Crippen LogP contribution in [0, 0.1) is 5.82 Å². The molecular weight excluding hydrogens is 257 g/mol. The lowest BCUT2D eigenvalue weighted by molar-refractivity contribution is -0.136. The van der Waals surface area contributed by atoms with Gasteiger partial charge in [0.05, 0.1) is 11.0 Å². The Morgan fingerprint density at radius 1 is 1.39 bits per heavy atom. The second kappa shape index (κ2) is 7.00. The number of rotatable bonds is 6. The number of amides is 1. The lowest BCUT2D eigenvalue weighted by Crippen LogP contribution is -2.26. The highest BCUT2D eigenvalue weighted by atomic mass is 32.2. The molecule has 1 rings (SSSR count). The zero-order valence-electron chi connectivity index (χ0n) is 9.85. The van der Waals surface area contributed by atoms with Crippen molar-refractivity contribution in [3.05, 3.63) is 35.6 Å². The average Bonchev–Trinajstić information content (AvgIpc) is 2.35. The molecule has 0 aromatic heterocycles. The smallest absolute Gasteiger partial charge is 0.316 e. The fraction of sp³-hybridized carbons (Fsp3) is 0.333. The molecule has 1 aromatic rings. The largest absolute Gasteiger partial charge is 0.480 e. The molecule has 1 atom stereocenters. The van der Waals surface area contributed by atoms with Crippen LogP contribution >= 0.6 is 11.8 Å². The van der Waals surface area contributed by atoms with Crippen molar-refractivity contribution in [1.82, 2.24) is 5.32 Å². The summed E-state index contributed by atoms with van der Waals surface area (Å²) in [5.41, 5.74) is 0.793. The van der Waals surface area contributed by atoms with Crippen molar-refractivity contribution in [2.45, 2.75) is 18.7 Å². The summed E-state index contributed by atoms with van der Waals surface area (Å²) in [6.45, 7) is 1.83. The van der Waals surface area contributed by atoms with Gasteiger partial charge in [-0.2, -0.15) is 0 Å². The number of carboxylic acids is 1. The van der Waals surface area contributed by atoms with Gasteiger partial charge in [0, 0.05) is 6.54 Å². The van der Waals surface area contributed by atoms with Gasteiger partial charge in [0.1, 0.15) is 5.82 Å². The standard InChI is InChI=1S/C12H14FNO3S/c1-8(12(16)17)18-7-11(15)14-6-9-2-4-10(13)5-3-9/h2-5,8H,6-7H2,1H3,(H,14,15)(H,16,17). The van der Waals surface area contributed by atoms with Crippen molar-refractivity contribution in [2.24, 2.45) is 0 Å². The van der Waals surface area contributed by atoms with Crippen LogP contribution in [-0.4, -0.2) is 28.0 Å². The molecule has 0 aliphatic heterocycles. The molecule has 0 saturated carbocycles. The van der Waals surface area contributed by atoms with E-state index < -0.39 is 11.2 Å². The van der Waals surface area contributed by atoms with Gasteiger partial charge in [-0.1, -0.05) is 12.1 Å². The van der Waals surface area contributed by atoms with E-state index in [1.807, 2.05) is 0 Å². The van der Waals surface area contributed by atoms with Crippen LogP contribution in [0.5, 0.6) is 0 Å². The Bertz CT molecular complexity index is 422. The molecule has 1 unspecified atom stereocenters. The first-order valence-corrected chi connectivity index (χ1v) is 6.39. The second-order valence-electron chi connectivity index (χ2n) is 3.69. The van der Waals surface area contributed by atoms with E-state index >= 15 is 0 Å². The Kier molecular flexibility index (Phi) is 5.64. The molecule has 0 aliphatic carbocycles. The van der Waals surface area contributed by atoms with E-state index in [1.54, 1.807) is 12.1 Å². The van der Waals surface area contributed by atoms with Crippen molar-refractivity contribution < 1.29 is 19.1 Å². The van der Waals surface area contributed by atoms with Gasteiger partial charge in [0.2, 0.25) is 5.91 Å². The minimum Gasteiger partial charge on any atom is -0.480 e. The van der Waals surface area contributed by atoms with E-state index in [1.165, 1.54) is 19.1 Å². The molecule has 4 nitrogen and oxygen atoms in total. The number of halogens is 1. The Labute approximate surface area is 109 Å². The highest BCUT2D eigenvalue weighted by Gasteiger charge is 2.13. The van der Waals surface area contributed by atoms with Gasteiger partial charge in [0.15, 0.2) is 0 Å². The van der Waals surface area contributed by atoms with E-state index in [4.69, 9.17) is 5.11 Å². The zero-order chi connectivity index (χ0) is 13.5. The number of aliphatic carboxylic acids is 1. The van der Waals surface area contributed by atoms with Crippen molar-refractivity contribution in [3.8, 4) is 0 Å². The number of hydrogen-bond donors (Lipinski definition) is 2. The number of carbonyl (C=O) groups is 2. The summed E-state index contributed by atoms with van der Waals surface area (Å²) in [6.07, 6.45) is 0. The maximum Gasteiger partial charge on any atom is 0.316 e. The lowest BCUT2D eigenvalue weighted by Gasteiger charge is -2.07. The van der Waals surface area contributed by atoms with E-state index in [0.717, 1.165) is 17.3 Å². The van der Waals surface area contributed by atoms with Crippen LogP contribution in [0.4, 0.5) is 4.39 Å². The molecule has 1 amide bonds. The fourth-order valence-electron chi connectivity index (χ4n) is 1.13. The van der Waals surface area contributed by atoms with Gasteiger partial charge in [0.25, 0.3) is 0 Å². The quantitative estimate of drug-likeness (QED) is 0.825. The third kappa shape index (κ3) is 5.18. The summed E-state index contributed by atoms with van der Waals surface area (Å²) in [5, 5.41) is 10.7. The zero-order valence-corrected chi connectivity index (χ0v) is 10.7. The van der Waals surface area contributed by atoms with Crippen LogP contribution in [0.15, 0.2) is 24.3 Å². The Hall–Kier alpha value is -1.56. The number of nitrogens with one attached hydrogen (secondary N) is 1. The molecule has 0 spiro atoms. The number of benzene rings is 1. The topological polar surface area (TPSA) is 66.4 Å². The highest BCUT2D eigenvalue weighted by Crippen LogP contribution is 2.09. The third-order valence-electron chi connectivity index (χ3n) is 2.22. The van der Waals surface area contributed by atoms with Crippen LogP contribution in [-0.2, 0) is 16.1 Å². The molecule has 0 aliphatic rings. The van der Waals surface area contributed by atoms with Crippen LogP contribution in [0.2, 0.25) is 0 Å². The number of thioether (sulfide) groups is 1. The fourth-order valence-corrected chi connectivity index (χ4v) is 1.77. The number of hydrogen-bond acceptors (Lipinski definition) is 3. The van der Waals surface area contributed by atoms with Crippen LogP contribution < -0.4 is 5.32 Å². The maximum absolute atomic E-state index is 12.6. The SMILES string of the molecule is CC(SCC(=O)NCc1ccc(F)cc1)C(=O)O. The molecule has 18 heavy (non-hydrogen) atoms. The van der Waals surface area contributed by atoms with Crippen molar-refractivity contribution >= 4 is 23.6 Å². The first-order valence-electron chi connectivity index (χ1n) is 5.34. The summed E-state index contributed by atoms with van der Waals surface area (Å²) < 4.78 is 12.6. The number of carbonyl (C=O) groups excluding carboxylic acids is 1. The Morgan fingerprint density at radius 2 is 2.00 bits per heavy atom. The molecule has 98 valence electrons. The summed E-state index contributed by atoms with van der Waals surface area (Å²) in [6, 6.07) is 5.82. The minimum atomic E-state index is -0.939. The molecule has 0 radical (unpaired) electrons. The normalized spacial score (nSPS) is 11.9. The average molecular weight is 271 g/mol. The molecule has 0 saturated heterocycles. The summed E-state index contributed by atoms with van der Waals surface area (Å²) >= 11 is 1.06. The number of carboxylic acid groups (broad SMARTS) is 1. The van der Waals surface area contributed by atoms with E-state index in [0.29, 0.717) is 6.54 Å². The molecule has 6 heteroatoms. The second-order valence-corrected chi connectivity index (χ2v) is 5.02. The van der Waals surface area contributed by atoms with E-state index in [-0.39, 0.29) is 17.5 Å². The van der Waals surface area contributed by atoms with Crippen molar-refractivity contribution in [3.63, 3.8) is 0 Å². The van der Waals surface area contributed by atoms with Crippen molar-refractivity contribution in [1.29, 1.82) is 0 Å². The summed E-state index contributed by atoms with van der Waals surface area (Å²) in [5.74, 6) is -1.41. The summed E-state index contributed by atoms with van der Waals surface area (Å²) in [7, 11) is 0. The first-order chi connectivity index (χ1) is 8.49. The van der Waals surface area contributed by atoms with Gasteiger partial charge in [-0.15, -0.1) is 11.8 Å². The monoisotopic (exact) mass is 271 g/mol. The van der Waals surface area contributed by atoms with Crippen LogP contribution in [0.1, 0.15) is 12.5 Å². The van der Waals surface area contributed by atoms with Crippen LogP contribution in [0.3, 0.4) is 0 Å². The Balaban J connectivity index is 2.29. The van der Waals surface area contributed by atoms with E-state index in [9.17, 15) is 14.0 Å². The molecule has 0 heterocycles. The Morgan fingerprint density at radius 3 is 2.56 bits per heavy atom. The minimum absolute atomic E-state index is 0.0919. The molecule has 0 bridgehead atoms. The predicted octanol–water partition coefficient (Wildman–Crippen LogP) is 1.65. The van der Waals surface area contributed by atoms with E-state index in [2.05, 4.69) is 5.32 Å². The van der Waals surface area contributed by atoms with Gasteiger partial charge >= 0.3 is 5.97 Å². The van der Waals surface area contributed by atoms with Crippen LogP contribution in [0.25, 0.3) is 0 Å². The van der Waals surface area contributed by atoms with Crippen molar-refractivity contribution in [2.75, 3.05) is 5.75 Å². The first kappa shape index (κ1) is 14.5. The molecule has 1 aromatic carbocycles. The molecule has 0 fully saturated rings. The van der Waals surface area contributed by atoms with Gasteiger partial charge < -0.3 is 10.4 Å². The highest BCUT2D eigenvalue weighted by molar-refractivity contribution is 8.01. The van der Waals surface area contributed by atoms with Gasteiger partial charge in [-0.05, 0) is 24.6 Å². The molecule has 2 N–H and O–H groups in total. The van der Waals surface area contributed by atoms with Gasteiger partial charge in [-0.3, -0.25) is 9.59 Å². The third-order valence-corrected chi connectivity index (χ3v) is 3.35. The maximum atomic E-state index is 12.6. The summed E-state index contributed by atoms with van der Waals surface area (Å²) in [4.78, 5) is 21.9. The lowest BCUT2D eigenvalue weighted by atomic mass is 10.2. The molecular formula is C12H14FNO3S. The van der Waals surface area contributed by atoms with Gasteiger partial charge in [-0.25, -0.2) is 4.39 Å².